The highest BCUT2D eigenvalue weighted by molar-refractivity contribution is 6.30. The summed E-state index contributed by atoms with van der Waals surface area (Å²) in [6.07, 6.45) is 2.65. The summed E-state index contributed by atoms with van der Waals surface area (Å²) in [5.41, 5.74) is 6.48. The lowest BCUT2D eigenvalue weighted by molar-refractivity contribution is -0.135. The first kappa shape index (κ1) is 18.7. The average molecular weight is 352 g/mol. The third-order valence-electron chi connectivity index (χ3n) is 4.64. The van der Waals surface area contributed by atoms with E-state index >= 15 is 0 Å². The van der Waals surface area contributed by atoms with Crippen molar-refractivity contribution in [1.82, 2.24) is 10.2 Å². The summed E-state index contributed by atoms with van der Waals surface area (Å²) >= 11 is 5.86. The van der Waals surface area contributed by atoms with E-state index in [4.69, 9.17) is 17.3 Å². The third kappa shape index (κ3) is 4.71. The van der Waals surface area contributed by atoms with Gasteiger partial charge in [0.25, 0.3) is 5.91 Å². The fourth-order valence-corrected chi connectivity index (χ4v) is 3.04. The molecule has 1 aromatic rings. The van der Waals surface area contributed by atoms with Crippen molar-refractivity contribution >= 4 is 23.4 Å². The van der Waals surface area contributed by atoms with Crippen molar-refractivity contribution in [2.45, 2.75) is 45.2 Å². The second-order valence-corrected chi connectivity index (χ2v) is 6.97. The van der Waals surface area contributed by atoms with Gasteiger partial charge in [-0.2, -0.15) is 0 Å². The van der Waals surface area contributed by atoms with Crippen molar-refractivity contribution in [2.75, 3.05) is 13.1 Å². The predicted octanol–water partition coefficient (Wildman–Crippen LogP) is 2.43. The molecule has 24 heavy (non-hydrogen) atoms. The van der Waals surface area contributed by atoms with Crippen LogP contribution in [0.15, 0.2) is 24.3 Å². The van der Waals surface area contributed by atoms with Crippen LogP contribution in [0.3, 0.4) is 0 Å². The number of nitrogens with two attached hydrogens (primary N) is 1. The number of halogens is 1. The largest absolute Gasteiger partial charge is 0.340 e. The van der Waals surface area contributed by atoms with Gasteiger partial charge in [0.05, 0.1) is 0 Å². The Bertz CT molecular complexity index is 576. The first-order chi connectivity index (χ1) is 11.4. The maximum Gasteiger partial charge on any atom is 0.251 e. The van der Waals surface area contributed by atoms with Gasteiger partial charge in [0.1, 0.15) is 6.04 Å². The molecule has 2 amide bonds. The minimum Gasteiger partial charge on any atom is -0.340 e. The zero-order chi connectivity index (χ0) is 17.7. The van der Waals surface area contributed by atoms with Crippen LogP contribution in [0.5, 0.6) is 0 Å². The van der Waals surface area contributed by atoms with Crippen LogP contribution in [-0.4, -0.2) is 41.9 Å². The highest BCUT2D eigenvalue weighted by Crippen LogP contribution is 2.16. The molecule has 5 nitrogen and oxygen atoms in total. The number of piperidine rings is 1. The number of rotatable bonds is 5. The Morgan fingerprint density at radius 3 is 2.62 bits per heavy atom. The number of hydrogen-bond acceptors (Lipinski definition) is 3. The molecule has 3 atom stereocenters. The molecule has 132 valence electrons. The Morgan fingerprint density at radius 2 is 2.04 bits per heavy atom. The lowest BCUT2D eigenvalue weighted by Crippen LogP contribution is -2.55. The first-order valence-corrected chi connectivity index (χ1v) is 8.91. The fraction of sp³-hybridized carbons (Fsp3) is 0.556. The molecule has 0 aliphatic carbocycles. The van der Waals surface area contributed by atoms with Crippen LogP contribution in [0.2, 0.25) is 5.02 Å². The van der Waals surface area contributed by atoms with Gasteiger partial charge in [-0.05, 0) is 43.0 Å². The lowest BCUT2D eigenvalue weighted by Gasteiger charge is -2.35. The van der Waals surface area contributed by atoms with Crippen molar-refractivity contribution in [3.05, 3.63) is 34.9 Å². The van der Waals surface area contributed by atoms with Crippen LogP contribution in [0, 0.1) is 5.92 Å². The molecule has 1 aliphatic rings. The highest BCUT2D eigenvalue weighted by atomic mass is 35.5. The molecule has 2 rings (SSSR count). The predicted molar refractivity (Wildman–Crippen MR) is 96.0 cm³/mol. The van der Waals surface area contributed by atoms with Crippen LogP contribution in [0.1, 0.15) is 43.5 Å². The zero-order valence-corrected chi connectivity index (χ0v) is 15.1. The van der Waals surface area contributed by atoms with Crippen LogP contribution >= 0.6 is 11.6 Å². The molecule has 1 aromatic carbocycles. The Morgan fingerprint density at radius 1 is 1.38 bits per heavy atom. The van der Waals surface area contributed by atoms with E-state index in [9.17, 15) is 9.59 Å². The van der Waals surface area contributed by atoms with Gasteiger partial charge in [-0.3, -0.25) is 9.59 Å². The number of hydrogen-bond donors (Lipinski definition) is 2. The summed E-state index contributed by atoms with van der Waals surface area (Å²) in [4.78, 5) is 27.2. The Kier molecular flexibility index (Phi) is 6.63. The number of amides is 2. The second kappa shape index (κ2) is 8.49. The second-order valence-electron chi connectivity index (χ2n) is 6.53. The minimum atomic E-state index is -0.538. The molecule has 0 spiro atoms. The van der Waals surface area contributed by atoms with E-state index in [1.54, 1.807) is 29.2 Å². The molecule has 0 bridgehead atoms. The smallest absolute Gasteiger partial charge is 0.251 e. The molecule has 6 heteroatoms. The van der Waals surface area contributed by atoms with Gasteiger partial charge in [0.15, 0.2) is 0 Å². The van der Waals surface area contributed by atoms with Crippen LogP contribution < -0.4 is 11.1 Å². The van der Waals surface area contributed by atoms with E-state index in [0.29, 0.717) is 23.7 Å². The lowest BCUT2D eigenvalue weighted by atomic mass is 9.96. The van der Waals surface area contributed by atoms with Gasteiger partial charge in [0, 0.05) is 29.7 Å². The first-order valence-electron chi connectivity index (χ1n) is 8.53. The molecule has 1 heterocycles. The molecule has 3 unspecified atom stereocenters. The summed E-state index contributed by atoms with van der Waals surface area (Å²) in [6, 6.07) is 6.13. The summed E-state index contributed by atoms with van der Waals surface area (Å²) < 4.78 is 0. The van der Waals surface area contributed by atoms with Gasteiger partial charge in [-0.25, -0.2) is 0 Å². The van der Waals surface area contributed by atoms with Crippen molar-refractivity contribution in [3.63, 3.8) is 0 Å². The van der Waals surface area contributed by atoms with E-state index in [2.05, 4.69) is 5.32 Å². The molecule has 3 N–H and O–H groups in total. The maximum atomic E-state index is 12.9. The number of carbonyl (C=O) groups excluding carboxylic acids is 2. The fourth-order valence-electron chi connectivity index (χ4n) is 2.92. The summed E-state index contributed by atoms with van der Waals surface area (Å²) in [6.45, 7) is 5.26. The molecule has 0 aromatic heterocycles. The van der Waals surface area contributed by atoms with Gasteiger partial charge in [0.2, 0.25) is 5.91 Å². The SMILES string of the molecule is CCC(C)C(NC(=O)c1ccc(Cl)cc1)C(=O)N1CCCC(N)C1. The van der Waals surface area contributed by atoms with Crippen molar-refractivity contribution in [3.8, 4) is 0 Å². The Labute approximate surface area is 148 Å². The molecule has 1 saturated heterocycles. The van der Waals surface area contributed by atoms with Gasteiger partial charge in [-0.1, -0.05) is 31.9 Å². The van der Waals surface area contributed by atoms with Crippen LogP contribution in [0.4, 0.5) is 0 Å². The normalized spacial score (nSPS) is 20.3. The number of benzene rings is 1. The molecule has 1 aliphatic heterocycles. The maximum absolute atomic E-state index is 12.9. The van der Waals surface area contributed by atoms with E-state index in [1.807, 2.05) is 13.8 Å². The third-order valence-corrected chi connectivity index (χ3v) is 4.89. The Hall–Kier alpha value is -1.59. The van der Waals surface area contributed by atoms with Crippen molar-refractivity contribution in [2.24, 2.45) is 11.7 Å². The number of nitrogens with one attached hydrogen (secondary N) is 1. The minimum absolute atomic E-state index is 0.0206. The highest BCUT2D eigenvalue weighted by Gasteiger charge is 2.32. The van der Waals surface area contributed by atoms with Crippen LogP contribution in [0.25, 0.3) is 0 Å². The van der Waals surface area contributed by atoms with Gasteiger partial charge in [-0.15, -0.1) is 0 Å². The Balaban J connectivity index is 2.11. The van der Waals surface area contributed by atoms with E-state index in [-0.39, 0.29) is 23.8 Å². The van der Waals surface area contributed by atoms with Crippen LogP contribution in [-0.2, 0) is 4.79 Å². The molecular formula is C18H26ClN3O2. The van der Waals surface area contributed by atoms with E-state index in [1.165, 1.54) is 0 Å². The summed E-state index contributed by atoms with van der Waals surface area (Å²) in [5, 5.41) is 3.47. The topological polar surface area (TPSA) is 75.4 Å². The van der Waals surface area contributed by atoms with Gasteiger partial charge >= 0.3 is 0 Å². The zero-order valence-electron chi connectivity index (χ0n) is 14.3. The summed E-state index contributed by atoms with van der Waals surface area (Å²) in [7, 11) is 0. The molecule has 0 radical (unpaired) electrons. The monoisotopic (exact) mass is 351 g/mol. The summed E-state index contributed by atoms with van der Waals surface area (Å²) in [5.74, 6) is -0.250. The van der Waals surface area contributed by atoms with Gasteiger partial charge < -0.3 is 16.0 Å². The molecule has 0 saturated carbocycles. The quantitative estimate of drug-likeness (QED) is 0.855. The number of likely N-dealkylation sites (tertiary alicyclic amines) is 1. The van der Waals surface area contributed by atoms with Crippen molar-refractivity contribution in [1.29, 1.82) is 0 Å². The number of carbonyl (C=O) groups is 2. The van der Waals surface area contributed by atoms with Crippen molar-refractivity contribution < 1.29 is 9.59 Å². The van der Waals surface area contributed by atoms with E-state index in [0.717, 1.165) is 19.3 Å². The number of nitrogens with zero attached hydrogens (tertiary/aromatic N) is 1. The standard InChI is InChI=1S/C18H26ClN3O2/c1-3-12(2)16(18(24)22-10-4-5-15(20)11-22)21-17(23)13-6-8-14(19)9-7-13/h6-9,12,15-16H,3-5,10-11,20H2,1-2H3,(H,21,23). The molecular weight excluding hydrogens is 326 g/mol. The van der Waals surface area contributed by atoms with E-state index < -0.39 is 6.04 Å². The average Bonchev–Trinajstić information content (AvgIpc) is 2.58. The molecule has 1 fully saturated rings.